The van der Waals surface area contributed by atoms with Crippen LogP contribution in [0.5, 0.6) is 0 Å². The average Bonchev–Trinajstić information content (AvgIpc) is 3.36. The Hall–Kier alpha value is -4.12. The minimum atomic E-state index is -0.567. The van der Waals surface area contributed by atoms with Crippen LogP contribution in [0.4, 0.5) is 5.69 Å². The highest BCUT2D eigenvalue weighted by atomic mass is 16.6. The largest absolute Gasteiger partial charge is 0.467 e. The van der Waals surface area contributed by atoms with Crippen molar-refractivity contribution in [2.24, 2.45) is 0 Å². The Labute approximate surface area is 153 Å². The number of nitrogens with one attached hydrogen (secondary N) is 1. The maximum Gasteiger partial charge on any atom is 0.270 e. The fraction of sp³-hybridized carbons (Fsp3) is 0.0526. The molecule has 1 amide bonds. The minimum absolute atomic E-state index is 0.0593. The number of nitriles is 1. The van der Waals surface area contributed by atoms with Crippen LogP contribution in [-0.4, -0.2) is 10.8 Å². The van der Waals surface area contributed by atoms with Gasteiger partial charge in [0.2, 0.25) is 0 Å². The third-order valence-electron chi connectivity index (χ3n) is 3.62. The van der Waals surface area contributed by atoms with Crippen molar-refractivity contribution in [3.63, 3.8) is 0 Å². The lowest BCUT2D eigenvalue weighted by Gasteiger charge is -2.01. The number of carbonyl (C=O) groups is 1. The van der Waals surface area contributed by atoms with Gasteiger partial charge in [-0.3, -0.25) is 14.9 Å². The van der Waals surface area contributed by atoms with Crippen LogP contribution in [0.2, 0.25) is 0 Å². The van der Waals surface area contributed by atoms with E-state index in [0.717, 1.165) is 0 Å². The standard InChI is InChI=1S/C19H13N3O5/c20-11-14(19(23)21-12-17-5-2-8-26-17)10-16-6-7-18(27-16)13-3-1-4-15(9-13)22(24)25/h1-10H,12H2,(H,21,23)/b14-10+. The Kier molecular flexibility index (Phi) is 5.14. The second-order valence-corrected chi connectivity index (χ2v) is 5.44. The fourth-order valence-corrected chi connectivity index (χ4v) is 2.32. The van der Waals surface area contributed by atoms with E-state index in [1.54, 1.807) is 36.4 Å². The molecule has 0 unspecified atom stereocenters. The molecule has 0 bridgehead atoms. The number of benzene rings is 1. The molecule has 8 nitrogen and oxygen atoms in total. The zero-order valence-electron chi connectivity index (χ0n) is 13.9. The van der Waals surface area contributed by atoms with E-state index in [1.165, 1.54) is 24.5 Å². The van der Waals surface area contributed by atoms with Crippen LogP contribution in [0.3, 0.4) is 0 Å². The summed E-state index contributed by atoms with van der Waals surface area (Å²) in [6.45, 7) is 0.155. The number of non-ortho nitro benzene ring substituents is 1. The summed E-state index contributed by atoms with van der Waals surface area (Å²) in [7, 11) is 0. The number of carbonyl (C=O) groups excluding carboxylic acids is 1. The molecule has 0 aliphatic heterocycles. The van der Waals surface area contributed by atoms with E-state index in [2.05, 4.69) is 5.32 Å². The molecule has 0 saturated heterocycles. The van der Waals surface area contributed by atoms with Gasteiger partial charge in [0.25, 0.3) is 11.6 Å². The molecule has 0 spiro atoms. The molecule has 0 aliphatic rings. The molecule has 2 heterocycles. The fourth-order valence-electron chi connectivity index (χ4n) is 2.32. The van der Waals surface area contributed by atoms with Gasteiger partial charge in [0.15, 0.2) is 0 Å². The molecule has 3 rings (SSSR count). The summed E-state index contributed by atoms with van der Waals surface area (Å²) in [5, 5.41) is 22.7. The number of nitro benzene ring substituents is 1. The predicted molar refractivity (Wildman–Crippen MR) is 94.9 cm³/mol. The zero-order valence-corrected chi connectivity index (χ0v) is 13.9. The highest BCUT2D eigenvalue weighted by Gasteiger charge is 2.13. The molecular weight excluding hydrogens is 350 g/mol. The molecule has 0 saturated carbocycles. The Morgan fingerprint density at radius 3 is 2.81 bits per heavy atom. The van der Waals surface area contributed by atoms with Gasteiger partial charge in [0.05, 0.1) is 17.7 Å². The summed E-state index contributed by atoms with van der Waals surface area (Å²) >= 11 is 0. The normalized spacial score (nSPS) is 11.0. The Morgan fingerprint density at radius 2 is 2.11 bits per heavy atom. The van der Waals surface area contributed by atoms with Crippen LogP contribution < -0.4 is 5.32 Å². The van der Waals surface area contributed by atoms with Crippen molar-refractivity contribution in [2.75, 3.05) is 0 Å². The average molecular weight is 363 g/mol. The predicted octanol–water partition coefficient (Wildman–Crippen LogP) is 3.67. The molecule has 0 atom stereocenters. The summed E-state index contributed by atoms with van der Waals surface area (Å²) in [5.41, 5.74) is 0.321. The molecule has 1 N–H and O–H groups in total. The van der Waals surface area contributed by atoms with Crippen LogP contribution >= 0.6 is 0 Å². The van der Waals surface area contributed by atoms with Gasteiger partial charge in [-0.1, -0.05) is 12.1 Å². The van der Waals surface area contributed by atoms with E-state index in [-0.39, 0.29) is 23.6 Å². The van der Waals surface area contributed by atoms with Gasteiger partial charge in [0.1, 0.15) is 28.9 Å². The molecule has 3 aromatic rings. The van der Waals surface area contributed by atoms with Gasteiger partial charge < -0.3 is 14.2 Å². The van der Waals surface area contributed by atoms with Crippen molar-refractivity contribution < 1.29 is 18.6 Å². The molecule has 0 aliphatic carbocycles. The van der Waals surface area contributed by atoms with Crippen molar-refractivity contribution in [3.8, 4) is 17.4 Å². The maximum absolute atomic E-state index is 12.1. The van der Waals surface area contributed by atoms with Crippen molar-refractivity contribution in [1.29, 1.82) is 5.26 Å². The number of furan rings is 2. The third-order valence-corrected chi connectivity index (χ3v) is 3.62. The van der Waals surface area contributed by atoms with Gasteiger partial charge in [-0.15, -0.1) is 0 Å². The number of nitrogens with zero attached hydrogens (tertiary/aromatic N) is 2. The summed E-state index contributed by atoms with van der Waals surface area (Å²) in [6.07, 6.45) is 2.79. The second-order valence-electron chi connectivity index (χ2n) is 5.44. The summed E-state index contributed by atoms with van der Waals surface area (Å²) in [4.78, 5) is 22.5. The van der Waals surface area contributed by atoms with E-state index >= 15 is 0 Å². The first-order chi connectivity index (χ1) is 13.1. The van der Waals surface area contributed by atoms with E-state index in [0.29, 0.717) is 17.1 Å². The molecule has 8 heteroatoms. The van der Waals surface area contributed by atoms with Gasteiger partial charge in [0, 0.05) is 23.8 Å². The zero-order chi connectivity index (χ0) is 19.2. The molecule has 134 valence electrons. The molecular formula is C19H13N3O5. The van der Waals surface area contributed by atoms with E-state index in [1.807, 2.05) is 6.07 Å². The second kappa shape index (κ2) is 7.84. The lowest BCUT2D eigenvalue weighted by Crippen LogP contribution is -2.23. The number of hydrogen-bond acceptors (Lipinski definition) is 6. The van der Waals surface area contributed by atoms with E-state index in [9.17, 15) is 20.2 Å². The number of hydrogen-bond donors (Lipinski definition) is 1. The Balaban J connectivity index is 1.76. The Morgan fingerprint density at radius 1 is 1.26 bits per heavy atom. The van der Waals surface area contributed by atoms with Crippen molar-refractivity contribution in [2.45, 2.75) is 6.54 Å². The summed E-state index contributed by atoms with van der Waals surface area (Å²) in [6, 6.07) is 14.4. The number of amides is 1. The van der Waals surface area contributed by atoms with Crippen LogP contribution in [-0.2, 0) is 11.3 Å². The van der Waals surface area contributed by atoms with Gasteiger partial charge in [-0.25, -0.2) is 0 Å². The molecule has 27 heavy (non-hydrogen) atoms. The topological polar surface area (TPSA) is 122 Å². The summed E-state index contributed by atoms with van der Waals surface area (Å²) < 4.78 is 10.7. The number of nitro groups is 1. The molecule has 0 fully saturated rings. The lowest BCUT2D eigenvalue weighted by molar-refractivity contribution is -0.384. The molecule has 2 aromatic heterocycles. The van der Waals surface area contributed by atoms with Gasteiger partial charge >= 0.3 is 0 Å². The van der Waals surface area contributed by atoms with Crippen LogP contribution in [0.1, 0.15) is 11.5 Å². The first-order valence-corrected chi connectivity index (χ1v) is 7.84. The summed E-state index contributed by atoms with van der Waals surface area (Å²) in [5.74, 6) is 0.660. The lowest BCUT2D eigenvalue weighted by atomic mass is 10.1. The first kappa shape index (κ1) is 17.7. The maximum atomic E-state index is 12.1. The van der Waals surface area contributed by atoms with Crippen LogP contribution in [0.15, 0.2) is 69.2 Å². The van der Waals surface area contributed by atoms with Gasteiger partial charge in [-0.2, -0.15) is 5.26 Å². The SMILES string of the molecule is N#C/C(=C\c1ccc(-c2cccc([N+](=O)[O-])c2)o1)C(=O)NCc1ccco1. The highest BCUT2D eigenvalue weighted by Crippen LogP contribution is 2.26. The molecule has 1 aromatic carbocycles. The Bertz CT molecular complexity index is 1040. The smallest absolute Gasteiger partial charge is 0.270 e. The van der Waals surface area contributed by atoms with Crippen molar-refractivity contribution in [3.05, 3.63) is 82.0 Å². The highest BCUT2D eigenvalue weighted by molar-refractivity contribution is 6.01. The van der Waals surface area contributed by atoms with E-state index < -0.39 is 10.8 Å². The third kappa shape index (κ3) is 4.29. The quantitative estimate of drug-likeness (QED) is 0.308. The minimum Gasteiger partial charge on any atom is -0.467 e. The van der Waals surface area contributed by atoms with E-state index in [4.69, 9.17) is 8.83 Å². The van der Waals surface area contributed by atoms with Crippen LogP contribution in [0.25, 0.3) is 17.4 Å². The van der Waals surface area contributed by atoms with Crippen molar-refractivity contribution in [1.82, 2.24) is 5.32 Å². The number of rotatable bonds is 6. The monoisotopic (exact) mass is 363 g/mol. The molecule has 0 radical (unpaired) electrons. The first-order valence-electron chi connectivity index (χ1n) is 7.84. The van der Waals surface area contributed by atoms with Crippen LogP contribution in [0, 0.1) is 21.4 Å². The van der Waals surface area contributed by atoms with Crippen molar-refractivity contribution >= 4 is 17.7 Å². The van der Waals surface area contributed by atoms with Gasteiger partial charge in [-0.05, 0) is 24.3 Å².